The average Bonchev–Trinajstić information content (AvgIpc) is 2.13. The van der Waals surface area contributed by atoms with E-state index >= 15 is 0 Å². The summed E-state index contributed by atoms with van der Waals surface area (Å²) in [4.78, 5) is 10.1. The van der Waals surface area contributed by atoms with Gasteiger partial charge >= 0.3 is 5.97 Å². The van der Waals surface area contributed by atoms with E-state index in [1.54, 1.807) is 6.07 Å². The zero-order valence-electron chi connectivity index (χ0n) is 5.60. The molecule has 1 rings (SSSR count). The van der Waals surface area contributed by atoms with E-state index in [4.69, 9.17) is 10.8 Å². The average molecular weight is 178 g/mol. The van der Waals surface area contributed by atoms with Gasteiger partial charge in [0.25, 0.3) is 0 Å². The van der Waals surface area contributed by atoms with Crippen molar-refractivity contribution < 1.29 is 9.90 Å². The van der Waals surface area contributed by atoms with Gasteiger partial charge in [-0.25, -0.2) is 0 Å². The number of carboxylic acid groups (broad SMARTS) is 1. The highest BCUT2D eigenvalue weighted by atomic mass is 35.5. The van der Waals surface area contributed by atoms with Gasteiger partial charge in [-0.15, -0.1) is 12.4 Å². The number of nitrogens with two attached hydrogens (primary N) is 1. The second-order valence-electron chi connectivity index (χ2n) is 1.83. The van der Waals surface area contributed by atoms with Crippen LogP contribution in [0.3, 0.4) is 0 Å². The van der Waals surface area contributed by atoms with Gasteiger partial charge in [-0.2, -0.15) is 5.10 Å². The van der Waals surface area contributed by atoms with Gasteiger partial charge in [-0.3, -0.25) is 9.48 Å². The maximum absolute atomic E-state index is 10.1. The molecule has 0 unspecified atom stereocenters. The lowest BCUT2D eigenvalue weighted by molar-refractivity contribution is -0.137. The monoisotopic (exact) mass is 177 g/mol. The van der Waals surface area contributed by atoms with Gasteiger partial charge in [0.15, 0.2) is 0 Å². The second-order valence-corrected chi connectivity index (χ2v) is 1.83. The molecule has 11 heavy (non-hydrogen) atoms. The zero-order valence-corrected chi connectivity index (χ0v) is 6.41. The predicted molar refractivity (Wildman–Crippen MR) is 41.5 cm³/mol. The van der Waals surface area contributed by atoms with E-state index in [0.29, 0.717) is 5.82 Å². The van der Waals surface area contributed by atoms with Crippen LogP contribution in [0.2, 0.25) is 0 Å². The van der Waals surface area contributed by atoms with Crippen molar-refractivity contribution in [2.45, 2.75) is 6.54 Å². The Bertz CT molecular complexity index is 248. The molecule has 0 saturated heterocycles. The summed E-state index contributed by atoms with van der Waals surface area (Å²) < 4.78 is 1.26. The molecule has 0 saturated carbocycles. The second kappa shape index (κ2) is 3.82. The van der Waals surface area contributed by atoms with Gasteiger partial charge in [0.1, 0.15) is 12.4 Å². The highest BCUT2D eigenvalue weighted by Gasteiger charge is 1.98. The lowest BCUT2D eigenvalue weighted by Gasteiger charge is -1.92. The number of carbonyl (C=O) groups is 1. The molecule has 0 spiro atoms. The van der Waals surface area contributed by atoms with Gasteiger partial charge in [0.05, 0.1) is 0 Å². The summed E-state index contributed by atoms with van der Waals surface area (Å²) in [6.07, 6.45) is 1.52. The largest absolute Gasteiger partial charge is 0.480 e. The summed E-state index contributed by atoms with van der Waals surface area (Å²) in [5.41, 5.74) is 5.23. The Morgan fingerprint density at radius 2 is 2.45 bits per heavy atom. The number of aliphatic carboxylic acids is 1. The van der Waals surface area contributed by atoms with Crippen molar-refractivity contribution >= 4 is 24.2 Å². The fraction of sp³-hybridized carbons (Fsp3) is 0.200. The van der Waals surface area contributed by atoms with Crippen LogP contribution in [0.15, 0.2) is 12.3 Å². The van der Waals surface area contributed by atoms with Crippen LogP contribution in [-0.4, -0.2) is 20.9 Å². The Kier molecular flexibility index (Phi) is 3.39. The number of anilines is 1. The van der Waals surface area contributed by atoms with Crippen LogP contribution in [0.5, 0.6) is 0 Å². The molecule has 1 aromatic heterocycles. The van der Waals surface area contributed by atoms with E-state index in [-0.39, 0.29) is 19.0 Å². The lowest BCUT2D eigenvalue weighted by Crippen LogP contribution is -2.09. The number of halogens is 1. The molecule has 0 bridgehead atoms. The van der Waals surface area contributed by atoms with Crippen molar-refractivity contribution in [3.63, 3.8) is 0 Å². The molecule has 0 aliphatic rings. The minimum absolute atomic E-state index is 0. The van der Waals surface area contributed by atoms with Crippen LogP contribution in [0, 0.1) is 0 Å². The zero-order chi connectivity index (χ0) is 7.56. The Morgan fingerprint density at radius 1 is 1.82 bits per heavy atom. The first-order chi connectivity index (χ1) is 4.68. The lowest BCUT2D eigenvalue weighted by atomic mass is 10.6. The third-order valence-corrected chi connectivity index (χ3v) is 0.959. The van der Waals surface area contributed by atoms with Gasteiger partial charge in [0.2, 0.25) is 0 Å². The van der Waals surface area contributed by atoms with Gasteiger partial charge < -0.3 is 10.8 Å². The Balaban J connectivity index is 0.000001000. The SMILES string of the molecule is Cl.Nc1ccn(CC(=O)O)n1. The molecule has 0 amide bonds. The normalized spacial score (nSPS) is 8.73. The minimum atomic E-state index is -0.928. The van der Waals surface area contributed by atoms with Gasteiger partial charge in [-0.05, 0) is 6.07 Å². The Labute approximate surface area is 69.2 Å². The van der Waals surface area contributed by atoms with Crippen molar-refractivity contribution in [3.05, 3.63) is 12.3 Å². The molecule has 1 heterocycles. The van der Waals surface area contributed by atoms with E-state index < -0.39 is 5.97 Å². The smallest absolute Gasteiger partial charge is 0.325 e. The van der Waals surface area contributed by atoms with Crippen molar-refractivity contribution in [1.82, 2.24) is 9.78 Å². The predicted octanol–water partition coefficient (Wildman–Crippen LogP) is -0.0283. The molecular weight excluding hydrogens is 170 g/mol. The first-order valence-corrected chi connectivity index (χ1v) is 2.69. The maximum Gasteiger partial charge on any atom is 0.325 e. The molecule has 0 aliphatic heterocycles. The molecule has 6 heteroatoms. The highest BCUT2D eigenvalue weighted by Crippen LogP contribution is 1.94. The first kappa shape index (κ1) is 9.77. The molecule has 0 aliphatic carbocycles. The molecule has 0 atom stereocenters. The number of aromatic nitrogens is 2. The topological polar surface area (TPSA) is 81.1 Å². The molecule has 5 nitrogen and oxygen atoms in total. The van der Waals surface area contributed by atoms with Crippen molar-refractivity contribution in [2.24, 2.45) is 0 Å². The third kappa shape index (κ3) is 2.90. The van der Waals surface area contributed by atoms with Crippen molar-refractivity contribution in [2.75, 3.05) is 5.73 Å². The fourth-order valence-electron chi connectivity index (χ4n) is 0.604. The van der Waals surface area contributed by atoms with E-state index in [1.165, 1.54) is 10.9 Å². The molecule has 3 N–H and O–H groups in total. The van der Waals surface area contributed by atoms with Gasteiger partial charge in [-0.1, -0.05) is 0 Å². The third-order valence-electron chi connectivity index (χ3n) is 0.959. The van der Waals surface area contributed by atoms with Crippen LogP contribution >= 0.6 is 12.4 Å². The van der Waals surface area contributed by atoms with Crippen LogP contribution in [0.1, 0.15) is 0 Å². The number of nitrogens with zero attached hydrogens (tertiary/aromatic N) is 2. The summed E-state index contributed by atoms with van der Waals surface area (Å²) in [6.45, 7) is -0.142. The van der Waals surface area contributed by atoms with Gasteiger partial charge in [0, 0.05) is 6.20 Å². The quantitative estimate of drug-likeness (QED) is 0.665. The fourth-order valence-corrected chi connectivity index (χ4v) is 0.604. The van der Waals surface area contributed by atoms with Crippen LogP contribution in [0.4, 0.5) is 5.82 Å². The Hall–Kier alpha value is -1.23. The Morgan fingerprint density at radius 3 is 2.82 bits per heavy atom. The van der Waals surface area contributed by atoms with E-state index in [1.807, 2.05) is 0 Å². The van der Waals surface area contributed by atoms with E-state index in [2.05, 4.69) is 5.10 Å². The van der Waals surface area contributed by atoms with Crippen LogP contribution in [0.25, 0.3) is 0 Å². The number of carboxylic acids is 1. The van der Waals surface area contributed by atoms with E-state index in [9.17, 15) is 4.79 Å². The molecule has 62 valence electrons. The first-order valence-electron chi connectivity index (χ1n) is 2.69. The molecule has 0 fully saturated rings. The van der Waals surface area contributed by atoms with Crippen molar-refractivity contribution in [3.8, 4) is 0 Å². The van der Waals surface area contributed by atoms with Crippen LogP contribution < -0.4 is 5.73 Å². The molecule has 1 aromatic rings. The number of rotatable bonds is 2. The summed E-state index contributed by atoms with van der Waals surface area (Å²) >= 11 is 0. The molecule has 0 radical (unpaired) electrons. The summed E-state index contributed by atoms with van der Waals surface area (Å²) in [7, 11) is 0. The summed E-state index contributed by atoms with van der Waals surface area (Å²) in [5, 5.41) is 11.9. The standard InChI is InChI=1S/C5H7N3O2.ClH/c6-4-1-2-8(7-4)3-5(9)10;/h1-2H,3H2,(H2,6,7)(H,9,10);1H. The minimum Gasteiger partial charge on any atom is -0.480 e. The molecule has 0 aromatic carbocycles. The summed E-state index contributed by atoms with van der Waals surface area (Å²) in [5.74, 6) is -0.593. The maximum atomic E-state index is 10.1. The van der Waals surface area contributed by atoms with E-state index in [0.717, 1.165) is 0 Å². The number of hydrogen-bond donors (Lipinski definition) is 2. The van der Waals surface area contributed by atoms with Crippen molar-refractivity contribution in [1.29, 1.82) is 0 Å². The number of nitrogen functional groups attached to an aromatic ring is 1. The molecular formula is C5H8ClN3O2. The summed E-state index contributed by atoms with van der Waals surface area (Å²) in [6, 6.07) is 1.54. The number of hydrogen-bond acceptors (Lipinski definition) is 3. The highest BCUT2D eigenvalue weighted by molar-refractivity contribution is 5.85. The van der Waals surface area contributed by atoms with Crippen LogP contribution in [-0.2, 0) is 11.3 Å².